The van der Waals surface area contributed by atoms with Crippen LogP contribution in [0.25, 0.3) is 0 Å². The van der Waals surface area contributed by atoms with Crippen molar-refractivity contribution in [1.29, 1.82) is 0 Å². The van der Waals surface area contributed by atoms with Crippen LogP contribution in [0.5, 0.6) is 0 Å². The summed E-state index contributed by atoms with van der Waals surface area (Å²) >= 11 is 0. The van der Waals surface area contributed by atoms with Crippen molar-refractivity contribution >= 4 is 5.91 Å². The molecular formula is C16H22N2O2. The molecule has 1 unspecified atom stereocenters. The molecule has 0 saturated heterocycles. The van der Waals surface area contributed by atoms with E-state index in [2.05, 4.69) is 17.2 Å². The maximum Gasteiger partial charge on any atom is 0.251 e. The molecule has 4 heteroatoms. The van der Waals surface area contributed by atoms with Crippen LogP contribution in [0.1, 0.15) is 28.4 Å². The summed E-state index contributed by atoms with van der Waals surface area (Å²) in [6.45, 7) is 4.50. The van der Waals surface area contributed by atoms with E-state index >= 15 is 0 Å². The zero-order valence-electron chi connectivity index (χ0n) is 12.5. The van der Waals surface area contributed by atoms with Crippen LogP contribution in [-0.4, -0.2) is 49.2 Å². The summed E-state index contributed by atoms with van der Waals surface area (Å²) in [5.74, 6) is 5.36. The lowest BCUT2D eigenvalue weighted by molar-refractivity contribution is 0.0934. The van der Waals surface area contributed by atoms with Crippen molar-refractivity contribution in [2.24, 2.45) is 0 Å². The number of likely N-dealkylation sites (N-methyl/N-ethyl adjacent to an activating group) is 1. The first-order valence-electron chi connectivity index (χ1n) is 6.60. The monoisotopic (exact) mass is 274 g/mol. The average molecular weight is 274 g/mol. The molecule has 0 saturated carbocycles. The molecule has 20 heavy (non-hydrogen) atoms. The molecule has 4 nitrogen and oxygen atoms in total. The summed E-state index contributed by atoms with van der Waals surface area (Å²) in [4.78, 5) is 14.2. The Hall–Kier alpha value is -1.83. The summed E-state index contributed by atoms with van der Waals surface area (Å²) in [6.07, 6.45) is 0. The van der Waals surface area contributed by atoms with E-state index < -0.39 is 0 Å². The molecule has 1 rings (SSSR count). The van der Waals surface area contributed by atoms with E-state index in [1.54, 1.807) is 12.1 Å². The van der Waals surface area contributed by atoms with Crippen molar-refractivity contribution in [3.05, 3.63) is 34.9 Å². The molecule has 2 N–H and O–H groups in total. The molecule has 0 fully saturated rings. The second-order valence-corrected chi connectivity index (χ2v) is 5.13. The molecule has 0 aliphatic carbocycles. The van der Waals surface area contributed by atoms with Gasteiger partial charge in [-0.2, -0.15) is 0 Å². The van der Waals surface area contributed by atoms with Crippen molar-refractivity contribution < 1.29 is 9.90 Å². The van der Waals surface area contributed by atoms with E-state index in [-0.39, 0.29) is 18.6 Å². The molecule has 0 heterocycles. The highest BCUT2D eigenvalue weighted by atomic mass is 16.2. The summed E-state index contributed by atoms with van der Waals surface area (Å²) in [7, 11) is 3.94. The SMILES string of the molecule is Cc1ccc(C(=O)NC(C)CN(C)C)cc1C#CCO. The van der Waals surface area contributed by atoms with Gasteiger partial charge in [0.2, 0.25) is 0 Å². The molecular weight excluding hydrogens is 252 g/mol. The normalized spacial score (nSPS) is 11.7. The second-order valence-electron chi connectivity index (χ2n) is 5.13. The molecule has 1 aromatic carbocycles. The van der Waals surface area contributed by atoms with Crippen molar-refractivity contribution in [3.8, 4) is 11.8 Å². The number of nitrogens with one attached hydrogen (secondary N) is 1. The van der Waals surface area contributed by atoms with Crippen molar-refractivity contribution in [2.45, 2.75) is 19.9 Å². The number of aryl methyl sites for hydroxylation is 1. The number of aliphatic hydroxyl groups excluding tert-OH is 1. The van der Waals surface area contributed by atoms with Crippen LogP contribution in [0.4, 0.5) is 0 Å². The Kier molecular flexibility index (Phi) is 6.23. The molecule has 0 aliphatic heterocycles. The minimum atomic E-state index is -0.185. The fraction of sp³-hybridized carbons (Fsp3) is 0.438. The van der Waals surface area contributed by atoms with Crippen LogP contribution in [0, 0.1) is 18.8 Å². The van der Waals surface area contributed by atoms with Gasteiger partial charge < -0.3 is 15.3 Å². The third kappa shape index (κ3) is 5.04. The molecule has 0 aliphatic rings. The van der Waals surface area contributed by atoms with E-state index in [0.717, 1.165) is 17.7 Å². The predicted octanol–water partition coefficient (Wildman–Crippen LogP) is 1.02. The minimum absolute atomic E-state index is 0.0748. The smallest absolute Gasteiger partial charge is 0.251 e. The Balaban J connectivity index is 2.83. The summed E-state index contributed by atoms with van der Waals surface area (Å²) in [6, 6.07) is 5.49. The average Bonchev–Trinajstić information content (AvgIpc) is 2.36. The third-order valence-corrected chi connectivity index (χ3v) is 2.82. The maximum absolute atomic E-state index is 12.1. The Labute approximate surface area is 120 Å². The lowest BCUT2D eigenvalue weighted by atomic mass is 10.0. The van der Waals surface area contributed by atoms with E-state index in [1.807, 2.05) is 38.9 Å². The number of hydrogen-bond acceptors (Lipinski definition) is 3. The molecule has 1 atom stereocenters. The second kappa shape index (κ2) is 7.68. The molecule has 108 valence electrons. The van der Waals surface area contributed by atoms with Gasteiger partial charge in [-0.15, -0.1) is 0 Å². The fourth-order valence-electron chi connectivity index (χ4n) is 1.93. The number of carbonyl (C=O) groups excluding carboxylic acids is 1. The number of hydrogen-bond donors (Lipinski definition) is 2. The number of rotatable bonds is 4. The van der Waals surface area contributed by atoms with Gasteiger partial charge in [-0.3, -0.25) is 4.79 Å². The van der Waals surface area contributed by atoms with Crippen LogP contribution in [0.15, 0.2) is 18.2 Å². The molecule has 1 aromatic rings. The van der Waals surface area contributed by atoms with Crippen LogP contribution < -0.4 is 5.32 Å². The summed E-state index contributed by atoms with van der Waals surface area (Å²) in [5, 5.41) is 11.7. The van der Waals surface area contributed by atoms with Crippen LogP contribution in [0.2, 0.25) is 0 Å². The van der Waals surface area contributed by atoms with Gasteiger partial charge in [0.05, 0.1) is 0 Å². The zero-order chi connectivity index (χ0) is 15.1. The van der Waals surface area contributed by atoms with Gasteiger partial charge >= 0.3 is 0 Å². The Morgan fingerprint density at radius 1 is 1.45 bits per heavy atom. The number of carbonyl (C=O) groups is 1. The molecule has 0 radical (unpaired) electrons. The first-order valence-corrected chi connectivity index (χ1v) is 6.60. The lowest BCUT2D eigenvalue weighted by Crippen LogP contribution is -2.39. The fourth-order valence-corrected chi connectivity index (χ4v) is 1.93. The van der Waals surface area contributed by atoms with Gasteiger partial charge in [0.15, 0.2) is 0 Å². The van der Waals surface area contributed by atoms with Crippen LogP contribution >= 0.6 is 0 Å². The summed E-state index contributed by atoms with van der Waals surface area (Å²) in [5.41, 5.74) is 2.35. The highest BCUT2D eigenvalue weighted by Crippen LogP contribution is 2.10. The van der Waals surface area contributed by atoms with Gasteiger partial charge in [0, 0.05) is 23.7 Å². The van der Waals surface area contributed by atoms with E-state index in [1.165, 1.54) is 0 Å². The highest BCUT2D eigenvalue weighted by Gasteiger charge is 2.11. The Morgan fingerprint density at radius 2 is 2.15 bits per heavy atom. The zero-order valence-corrected chi connectivity index (χ0v) is 12.5. The third-order valence-electron chi connectivity index (χ3n) is 2.82. The highest BCUT2D eigenvalue weighted by molar-refractivity contribution is 5.94. The first kappa shape index (κ1) is 16.2. The van der Waals surface area contributed by atoms with Gasteiger partial charge in [0.25, 0.3) is 5.91 Å². The van der Waals surface area contributed by atoms with Gasteiger partial charge in [-0.1, -0.05) is 17.9 Å². The topological polar surface area (TPSA) is 52.6 Å². The van der Waals surface area contributed by atoms with E-state index in [4.69, 9.17) is 5.11 Å². The van der Waals surface area contributed by atoms with E-state index in [0.29, 0.717) is 5.56 Å². The quantitative estimate of drug-likeness (QED) is 0.806. The minimum Gasteiger partial charge on any atom is -0.384 e. The standard InChI is InChI=1S/C16H22N2O2/c1-12-7-8-15(10-14(12)6-5-9-19)16(20)17-13(2)11-18(3)4/h7-8,10,13,19H,9,11H2,1-4H3,(H,17,20). The first-order chi connectivity index (χ1) is 9.43. The van der Waals surface area contributed by atoms with Crippen LogP contribution in [-0.2, 0) is 0 Å². The number of amides is 1. The van der Waals surface area contributed by atoms with Gasteiger partial charge in [0.1, 0.15) is 6.61 Å². The Bertz CT molecular complexity index is 527. The molecule has 1 amide bonds. The number of benzene rings is 1. The number of nitrogens with zero attached hydrogens (tertiary/aromatic N) is 1. The lowest BCUT2D eigenvalue weighted by Gasteiger charge is -2.18. The van der Waals surface area contributed by atoms with E-state index in [9.17, 15) is 4.79 Å². The van der Waals surface area contributed by atoms with Crippen LogP contribution in [0.3, 0.4) is 0 Å². The maximum atomic E-state index is 12.1. The van der Waals surface area contributed by atoms with Crippen molar-refractivity contribution in [1.82, 2.24) is 10.2 Å². The molecule has 0 aromatic heterocycles. The largest absolute Gasteiger partial charge is 0.384 e. The van der Waals surface area contributed by atoms with Crippen molar-refractivity contribution in [2.75, 3.05) is 27.2 Å². The molecule has 0 bridgehead atoms. The number of aliphatic hydroxyl groups is 1. The van der Waals surface area contributed by atoms with Crippen molar-refractivity contribution in [3.63, 3.8) is 0 Å². The van der Waals surface area contributed by atoms with Gasteiger partial charge in [-0.05, 0) is 45.6 Å². The predicted molar refractivity (Wildman–Crippen MR) is 80.6 cm³/mol. The summed E-state index contributed by atoms with van der Waals surface area (Å²) < 4.78 is 0. The molecule has 0 spiro atoms. The Morgan fingerprint density at radius 3 is 2.75 bits per heavy atom. The van der Waals surface area contributed by atoms with Gasteiger partial charge in [-0.25, -0.2) is 0 Å².